The van der Waals surface area contributed by atoms with Gasteiger partial charge in [0, 0.05) is 6.42 Å². The van der Waals surface area contributed by atoms with Crippen LogP contribution in [-0.4, -0.2) is 50.3 Å². The molecule has 8 heteroatoms. The molecule has 0 aliphatic carbocycles. The monoisotopic (exact) mass is 342 g/mol. The van der Waals surface area contributed by atoms with Crippen molar-refractivity contribution < 1.29 is 38.1 Å². The second-order valence-electron chi connectivity index (χ2n) is 5.78. The first-order valence-electron chi connectivity index (χ1n) is 8.02. The van der Waals surface area contributed by atoms with Gasteiger partial charge in [-0.15, -0.1) is 0 Å². The predicted octanol–water partition coefficient (Wildman–Crippen LogP) is 2.50. The average Bonchev–Trinajstić information content (AvgIpc) is 3.16. The zero-order valence-electron chi connectivity index (χ0n) is 13.5. The van der Waals surface area contributed by atoms with E-state index < -0.39 is 18.4 Å². The Bertz CT molecular complexity index is 442. The Hall–Kier alpha value is -2.25. The van der Waals surface area contributed by atoms with Gasteiger partial charge in [-0.3, -0.25) is 4.79 Å². The third kappa shape index (κ3) is 6.47. The minimum Gasteiger partial charge on any atom is -0.462 e. The van der Waals surface area contributed by atoms with Gasteiger partial charge >= 0.3 is 18.3 Å². The fraction of sp³-hybridized carbons (Fsp3) is 0.688. The maximum atomic E-state index is 11.6. The van der Waals surface area contributed by atoms with E-state index in [4.69, 9.17) is 18.9 Å². The number of cyclic esters (lactones) is 4. The number of ether oxygens (including phenoxy) is 5. The standard InChI is InChI=1S/C16H22O8/c1-11(6-7-12-8-21-15(18)23-12)4-2-3-5-14(17)20-9-13-10-22-16(19)24-13/h12-13H,1-10H2. The number of unbranched alkanes of at least 4 members (excludes halogenated alkanes) is 1. The van der Waals surface area contributed by atoms with Gasteiger partial charge in [-0.2, -0.15) is 0 Å². The summed E-state index contributed by atoms with van der Waals surface area (Å²) in [6.07, 6.45) is 2.08. The number of hydrogen-bond acceptors (Lipinski definition) is 8. The number of hydrogen-bond donors (Lipinski definition) is 0. The molecule has 2 saturated heterocycles. The Morgan fingerprint density at radius 3 is 2.25 bits per heavy atom. The van der Waals surface area contributed by atoms with Gasteiger partial charge in [0.25, 0.3) is 0 Å². The average molecular weight is 342 g/mol. The largest absolute Gasteiger partial charge is 0.508 e. The van der Waals surface area contributed by atoms with Gasteiger partial charge in [0.15, 0.2) is 6.10 Å². The molecule has 2 aliphatic heterocycles. The zero-order chi connectivity index (χ0) is 17.4. The van der Waals surface area contributed by atoms with Crippen molar-refractivity contribution in [1.82, 2.24) is 0 Å². The van der Waals surface area contributed by atoms with E-state index in [9.17, 15) is 14.4 Å². The molecule has 134 valence electrons. The van der Waals surface area contributed by atoms with Crippen LogP contribution >= 0.6 is 0 Å². The first-order chi connectivity index (χ1) is 11.5. The van der Waals surface area contributed by atoms with Gasteiger partial charge < -0.3 is 23.7 Å². The number of carbonyl (C=O) groups is 3. The van der Waals surface area contributed by atoms with Crippen molar-refractivity contribution >= 4 is 18.3 Å². The van der Waals surface area contributed by atoms with Crippen LogP contribution in [0.5, 0.6) is 0 Å². The van der Waals surface area contributed by atoms with Crippen LogP contribution in [0.25, 0.3) is 0 Å². The smallest absolute Gasteiger partial charge is 0.462 e. The summed E-state index contributed by atoms with van der Waals surface area (Å²) in [5, 5.41) is 0. The summed E-state index contributed by atoms with van der Waals surface area (Å²) in [6.45, 7) is 4.44. The van der Waals surface area contributed by atoms with Gasteiger partial charge in [-0.25, -0.2) is 9.59 Å². The van der Waals surface area contributed by atoms with Gasteiger partial charge in [-0.05, 0) is 32.1 Å². The Kier molecular flexibility index (Phi) is 6.89. The summed E-state index contributed by atoms with van der Waals surface area (Å²) in [5.41, 5.74) is 1.06. The molecule has 0 N–H and O–H groups in total. The van der Waals surface area contributed by atoms with Gasteiger partial charge in [0.05, 0.1) is 0 Å². The van der Waals surface area contributed by atoms with Crippen LogP contribution in [0.3, 0.4) is 0 Å². The first-order valence-corrected chi connectivity index (χ1v) is 8.02. The first kappa shape index (κ1) is 18.1. The predicted molar refractivity (Wildman–Crippen MR) is 80.2 cm³/mol. The van der Waals surface area contributed by atoms with E-state index >= 15 is 0 Å². The van der Waals surface area contributed by atoms with Crippen molar-refractivity contribution in [2.75, 3.05) is 19.8 Å². The number of esters is 1. The van der Waals surface area contributed by atoms with Crippen LogP contribution in [0.4, 0.5) is 9.59 Å². The molecule has 2 aliphatic rings. The van der Waals surface area contributed by atoms with Crippen LogP contribution in [-0.2, 0) is 28.5 Å². The lowest BCUT2D eigenvalue weighted by molar-refractivity contribution is -0.146. The molecule has 0 aromatic heterocycles. The van der Waals surface area contributed by atoms with E-state index in [0.29, 0.717) is 25.9 Å². The summed E-state index contributed by atoms with van der Waals surface area (Å²) in [5.74, 6) is -0.321. The molecule has 2 rings (SSSR count). The van der Waals surface area contributed by atoms with Crippen molar-refractivity contribution in [3.05, 3.63) is 12.2 Å². The van der Waals surface area contributed by atoms with Crippen molar-refractivity contribution in [3.63, 3.8) is 0 Å². The molecule has 2 atom stereocenters. The molecule has 8 nitrogen and oxygen atoms in total. The van der Waals surface area contributed by atoms with E-state index in [1.807, 2.05) is 0 Å². The van der Waals surface area contributed by atoms with Gasteiger partial charge in [-0.1, -0.05) is 12.2 Å². The summed E-state index contributed by atoms with van der Waals surface area (Å²) in [6, 6.07) is 0. The summed E-state index contributed by atoms with van der Waals surface area (Å²) in [7, 11) is 0. The Morgan fingerprint density at radius 1 is 1.00 bits per heavy atom. The molecule has 2 heterocycles. The molecule has 0 amide bonds. The molecule has 2 unspecified atom stereocenters. The van der Waals surface area contributed by atoms with E-state index in [1.165, 1.54) is 0 Å². The van der Waals surface area contributed by atoms with E-state index in [0.717, 1.165) is 24.8 Å². The summed E-state index contributed by atoms with van der Waals surface area (Å²) < 4.78 is 24.0. The lowest BCUT2D eigenvalue weighted by Crippen LogP contribution is -2.20. The second-order valence-corrected chi connectivity index (χ2v) is 5.78. The van der Waals surface area contributed by atoms with Crippen molar-refractivity contribution in [2.45, 2.75) is 50.7 Å². The highest BCUT2D eigenvalue weighted by Gasteiger charge is 2.26. The third-order valence-corrected chi connectivity index (χ3v) is 3.71. The van der Waals surface area contributed by atoms with Crippen LogP contribution in [0.15, 0.2) is 12.2 Å². The lowest BCUT2D eigenvalue weighted by atomic mass is 10.0. The third-order valence-electron chi connectivity index (χ3n) is 3.71. The Morgan fingerprint density at radius 2 is 1.62 bits per heavy atom. The molecule has 0 bridgehead atoms. The molecule has 2 fully saturated rings. The van der Waals surface area contributed by atoms with E-state index in [2.05, 4.69) is 11.3 Å². The Balaban J connectivity index is 1.45. The highest BCUT2D eigenvalue weighted by molar-refractivity contribution is 5.69. The zero-order valence-corrected chi connectivity index (χ0v) is 13.5. The van der Waals surface area contributed by atoms with Crippen LogP contribution in [0.2, 0.25) is 0 Å². The van der Waals surface area contributed by atoms with Crippen LogP contribution in [0, 0.1) is 0 Å². The topological polar surface area (TPSA) is 97.4 Å². The van der Waals surface area contributed by atoms with Gasteiger partial charge in [0.2, 0.25) is 0 Å². The number of rotatable bonds is 10. The molecule has 0 aromatic carbocycles. The minimum atomic E-state index is -0.728. The fourth-order valence-electron chi connectivity index (χ4n) is 2.35. The van der Waals surface area contributed by atoms with E-state index in [1.54, 1.807) is 0 Å². The van der Waals surface area contributed by atoms with E-state index in [-0.39, 0.29) is 25.3 Å². The summed E-state index contributed by atoms with van der Waals surface area (Å²) in [4.78, 5) is 33.1. The lowest BCUT2D eigenvalue weighted by Gasteiger charge is -2.09. The second kappa shape index (κ2) is 9.14. The summed E-state index contributed by atoms with van der Waals surface area (Å²) >= 11 is 0. The van der Waals surface area contributed by atoms with Crippen molar-refractivity contribution in [1.29, 1.82) is 0 Å². The van der Waals surface area contributed by atoms with Crippen molar-refractivity contribution in [2.24, 2.45) is 0 Å². The SMILES string of the molecule is C=C(CCCCC(=O)OCC1COC(=O)O1)CCC1COC(=O)O1. The van der Waals surface area contributed by atoms with Crippen LogP contribution < -0.4 is 0 Å². The quantitative estimate of drug-likeness (QED) is 0.258. The Labute approximate surface area is 140 Å². The number of carbonyl (C=O) groups excluding carboxylic acids is 3. The molecule has 0 spiro atoms. The fourth-order valence-corrected chi connectivity index (χ4v) is 2.35. The maximum Gasteiger partial charge on any atom is 0.508 e. The van der Waals surface area contributed by atoms with Gasteiger partial charge in [0.1, 0.15) is 25.9 Å². The maximum absolute atomic E-state index is 11.6. The molecule has 24 heavy (non-hydrogen) atoms. The van der Waals surface area contributed by atoms with Crippen LogP contribution in [0.1, 0.15) is 38.5 Å². The molecule has 0 saturated carbocycles. The highest BCUT2D eigenvalue weighted by atomic mass is 16.8. The van der Waals surface area contributed by atoms with Crippen molar-refractivity contribution in [3.8, 4) is 0 Å². The normalized spacial score (nSPS) is 22.3. The molecule has 0 aromatic rings. The number of allylic oxidation sites excluding steroid dienone is 1. The molecular weight excluding hydrogens is 320 g/mol. The molecular formula is C16H22O8. The molecule has 0 radical (unpaired) electrons. The minimum absolute atomic E-state index is 0.0272. The highest BCUT2D eigenvalue weighted by Crippen LogP contribution is 2.18.